The lowest BCUT2D eigenvalue weighted by atomic mass is 10.0. The topological polar surface area (TPSA) is 105 Å². The standard InChI is InChI=1S/C77H153N2O6P/c1-6-8-10-12-14-16-18-20-22-24-26-28-30-32-34-35-36-37-38-39-40-41-42-43-45-47-49-51-53-55-57-59-61-63-65-67-69-71-77(81)78-75(74-85-86(82,83)84-73-72-79(3,4)5)76(80)70-68-66-64-62-60-58-56-54-52-50-48-46-44-33-31-29-27-25-23-21-19-17-15-13-11-9-7-2/h18,20,24,26,75-76,80H,6-17,19,21-23,25,27-74H2,1-5H3,(H-,78,81,82,83)/p+1/b20-18-,26-24-. The van der Waals surface area contributed by atoms with Gasteiger partial charge in [0.1, 0.15) is 13.2 Å². The van der Waals surface area contributed by atoms with E-state index in [2.05, 4.69) is 43.5 Å². The molecule has 8 nitrogen and oxygen atoms in total. The van der Waals surface area contributed by atoms with E-state index in [0.29, 0.717) is 23.9 Å². The van der Waals surface area contributed by atoms with Gasteiger partial charge in [0, 0.05) is 6.42 Å². The number of unbranched alkanes of at least 4 members (excludes halogenated alkanes) is 56. The van der Waals surface area contributed by atoms with Crippen molar-refractivity contribution in [3.8, 4) is 0 Å². The molecular formula is C77H154N2O6P+. The molecule has 0 fully saturated rings. The Labute approximate surface area is 538 Å². The van der Waals surface area contributed by atoms with E-state index in [0.717, 1.165) is 44.9 Å². The number of phosphoric ester groups is 1. The highest BCUT2D eigenvalue weighted by Gasteiger charge is 2.28. The molecule has 0 radical (unpaired) electrons. The Morgan fingerprint density at radius 2 is 0.663 bits per heavy atom. The summed E-state index contributed by atoms with van der Waals surface area (Å²) < 4.78 is 23.9. The summed E-state index contributed by atoms with van der Waals surface area (Å²) in [7, 11) is 1.64. The molecule has 0 saturated carbocycles. The maximum atomic E-state index is 13.1. The zero-order valence-corrected chi connectivity index (χ0v) is 59.7. The number of allylic oxidation sites excluding steroid dienone is 4. The highest BCUT2D eigenvalue weighted by Crippen LogP contribution is 2.43. The molecule has 0 aromatic heterocycles. The molecule has 0 rings (SSSR count). The van der Waals surface area contributed by atoms with Crippen LogP contribution in [0.2, 0.25) is 0 Å². The van der Waals surface area contributed by atoms with Crippen LogP contribution in [-0.2, 0) is 18.4 Å². The number of carbonyl (C=O) groups is 1. The molecule has 3 N–H and O–H groups in total. The van der Waals surface area contributed by atoms with Crippen LogP contribution in [0, 0.1) is 0 Å². The van der Waals surface area contributed by atoms with E-state index < -0.39 is 20.0 Å². The second kappa shape index (κ2) is 68.3. The largest absolute Gasteiger partial charge is 0.472 e. The van der Waals surface area contributed by atoms with Crippen molar-refractivity contribution in [1.82, 2.24) is 5.32 Å². The highest BCUT2D eigenvalue weighted by atomic mass is 31.2. The van der Waals surface area contributed by atoms with Gasteiger partial charge in [-0.15, -0.1) is 0 Å². The molecule has 1 amide bonds. The predicted octanol–water partition coefficient (Wildman–Crippen LogP) is 25.0. The van der Waals surface area contributed by atoms with Crippen molar-refractivity contribution in [3.63, 3.8) is 0 Å². The molecule has 3 unspecified atom stereocenters. The average Bonchev–Trinajstić information content (AvgIpc) is 3.70. The summed E-state index contributed by atoms with van der Waals surface area (Å²) in [6, 6.07) is -0.759. The van der Waals surface area contributed by atoms with E-state index in [1.54, 1.807) is 0 Å². The molecule has 0 aliphatic heterocycles. The van der Waals surface area contributed by atoms with E-state index in [9.17, 15) is 19.4 Å². The van der Waals surface area contributed by atoms with Gasteiger partial charge in [-0.2, -0.15) is 0 Å². The van der Waals surface area contributed by atoms with Gasteiger partial charge in [0.2, 0.25) is 5.91 Å². The van der Waals surface area contributed by atoms with Gasteiger partial charge in [-0.1, -0.05) is 385 Å². The quantitative estimate of drug-likeness (QED) is 0.0243. The minimum atomic E-state index is -4.33. The lowest BCUT2D eigenvalue weighted by molar-refractivity contribution is -0.870. The van der Waals surface area contributed by atoms with Crippen LogP contribution in [0.1, 0.15) is 412 Å². The second-order valence-corrected chi connectivity index (χ2v) is 29.5. The third kappa shape index (κ3) is 70.4. The predicted molar refractivity (Wildman–Crippen MR) is 378 cm³/mol. The minimum Gasteiger partial charge on any atom is -0.391 e. The van der Waals surface area contributed by atoms with Gasteiger partial charge in [0.15, 0.2) is 0 Å². The van der Waals surface area contributed by atoms with Crippen molar-refractivity contribution >= 4 is 13.7 Å². The van der Waals surface area contributed by atoms with E-state index in [1.165, 1.54) is 340 Å². The molecule has 0 bridgehead atoms. The van der Waals surface area contributed by atoms with Crippen LogP contribution in [0.5, 0.6) is 0 Å². The highest BCUT2D eigenvalue weighted by molar-refractivity contribution is 7.47. The number of amides is 1. The Hall–Kier alpha value is -1.02. The Morgan fingerprint density at radius 3 is 0.953 bits per heavy atom. The summed E-state index contributed by atoms with van der Waals surface area (Å²) in [6.45, 7) is 4.95. The number of carbonyl (C=O) groups excluding carboxylic acids is 1. The lowest BCUT2D eigenvalue weighted by Crippen LogP contribution is -2.46. The summed E-state index contributed by atoms with van der Waals surface area (Å²) in [5.74, 6) is -0.134. The molecule has 0 aromatic rings. The van der Waals surface area contributed by atoms with Gasteiger partial charge in [0.25, 0.3) is 0 Å². The number of phosphoric acid groups is 1. The van der Waals surface area contributed by atoms with E-state index in [-0.39, 0.29) is 19.1 Å². The number of likely N-dealkylation sites (N-methyl/N-ethyl adjacent to an activating group) is 1. The average molecular weight is 1240 g/mol. The number of quaternary nitrogens is 1. The summed E-state index contributed by atoms with van der Waals surface area (Å²) in [6.07, 6.45) is 90.3. The van der Waals surface area contributed by atoms with Gasteiger partial charge >= 0.3 is 7.82 Å². The summed E-state index contributed by atoms with van der Waals surface area (Å²) in [5, 5.41) is 14.2. The number of hydrogen-bond acceptors (Lipinski definition) is 5. The van der Waals surface area contributed by atoms with Crippen LogP contribution >= 0.6 is 7.82 Å². The monoisotopic (exact) mass is 1230 g/mol. The van der Waals surface area contributed by atoms with Crippen molar-refractivity contribution in [2.24, 2.45) is 0 Å². The fourth-order valence-electron chi connectivity index (χ4n) is 12.2. The van der Waals surface area contributed by atoms with Gasteiger partial charge in [-0.3, -0.25) is 13.8 Å². The van der Waals surface area contributed by atoms with Gasteiger partial charge < -0.3 is 19.8 Å². The summed E-state index contributed by atoms with van der Waals surface area (Å²) >= 11 is 0. The Morgan fingerprint density at radius 1 is 0.395 bits per heavy atom. The zero-order chi connectivity index (χ0) is 62.6. The van der Waals surface area contributed by atoms with E-state index >= 15 is 0 Å². The first kappa shape index (κ1) is 85.0. The van der Waals surface area contributed by atoms with Crippen molar-refractivity contribution < 1.29 is 32.9 Å². The Balaban J connectivity index is 3.91. The molecule has 0 aliphatic carbocycles. The Kier molecular flexibility index (Phi) is 67.5. The number of aliphatic hydroxyl groups excluding tert-OH is 1. The molecule has 512 valence electrons. The minimum absolute atomic E-state index is 0.0782. The van der Waals surface area contributed by atoms with Crippen LogP contribution in [0.3, 0.4) is 0 Å². The molecule has 0 aromatic carbocycles. The molecule has 0 saturated heterocycles. The van der Waals surface area contributed by atoms with Crippen molar-refractivity contribution in [2.75, 3.05) is 40.9 Å². The zero-order valence-electron chi connectivity index (χ0n) is 58.8. The molecule has 0 spiro atoms. The SMILES string of the molecule is CCCCCCC/C=C\C/C=C\CCCCCCCCCCCCCCCCCCCCCCCCCCCC(=O)NC(COP(=O)(O)OCC[N+](C)(C)C)C(O)CCCCCCCCCCCCCCCCCCCCCCCCCCCCC. The number of nitrogens with zero attached hydrogens (tertiary/aromatic N) is 1. The Bertz CT molecular complexity index is 1450. The maximum Gasteiger partial charge on any atom is 0.472 e. The summed E-state index contributed by atoms with van der Waals surface area (Å²) in [4.78, 5) is 23.5. The normalized spacial score (nSPS) is 13.6. The third-order valence-corrected chi connectivity index (χ3v) is 19.2. The molecule has 0 aliphatic rings. The number of nitrogens with one attached hydrogen (secondary N) is 1. The van der Waals surface area contributed by atoms with Gasteiger partial charge in [-0.25, -0.2) is 4.57 Å². The van der Waals surface area contributed by atoms with Crippen LogP contribution in [-0.4, -0.2) is 73.4 Å². The second-order valence-electron chi connectivity index (χ2n) is 28.1. The fourth-order valence-corrected chi connectivity index (χ4v) is 12.9. The van der Waals surface area contributed by atoms with Crippen molar-refractivity contribution in [2.45, 2.75) is 424 Å². The molecule has 0 heterocycles. The molecule has 3 atom stereocenters. The van der Waals surface area contributed by atoms with Crippen LogP contribution < -0.4 is 5.32 Å². The van der Waals surface area contributed by atoms with Gasteiger partial charge in [-0.05, 0) is 44.9 Å². The van der Waals surface area contributed by atoms with Crippen LogP contribution in [0.15, 0.2) is 24.3 Å². The fraction of sp³-hybridized carbons (Fsp3) is 0.935. The van der Waals surface area contributed by atoms with Gasteiger partial charge in [0.05, 0.1) is 39.9 Å². The first-order valence-corrected chi connectivity index (χ1v) is 40.2. The third-order valence-electron chi connectivity index (χ3n) is 18.2. The summed E-state index contributed by atoms with van der Waals surface area (Å²) in [5.41, 5.74) is 0. The number of aliphatic hydroxyl groups is 1. The van der Waals surface area contributed by atoms with Crippen molar-refractivity contribution in [1.29, 1.82) is 0 Å². The lowest BCUT2D eigenvalue weighted by Gasteiger charge is -2.26. The van der Waals surface area contributed by atoms with Crippen molar-refractivity contribution in [3.05, 3.63) is 24.3 Å². The smallest absolute Gasteiger partial charge is 0.391 e. The first-order valence-electron chi connectivity index (χ1n) is 38.7. The van der Waals surface area contributed by atoms with Crippen LogP contribution in [0.25, 0.3) is 0 Å². The van der Waals surface area contributed by atoms with E-state index in [4.69, 9.17) is 9.05 Å². The van der Waals surface area contributed by atoms with E-state index in [1.807, 2.05) is 21.1 Å². The molecular weight excluding hydrogens is 1080 g/mol. The number of hydrogen-bond donors (Lipinski definition) is 3. The molecule has 86 heavy (non-hydrogen) atoms. The number of rotatable bonds is 73. The molecule has 9 heteroatoms. The maximum absolute atomic E-state index is 13.1. The van der Waals surface area contributed by atoms with Crippen LogP contribution in [0.4, 0.5) is 0 Å². The first-order chi connectivity index (χ1) is 42.0.